The first-order valence-electron chi connectivity index (χ1n) is 4.47. The number of aromatic carboxylic acids is 1. The van der Waals surface area contributed by atoms with Crippen molar-refractivity contribution in [1.82, 2.24) is 4.98 Å². The number of rotatable bonds is 3. The van der Waals surface area contributed by atoms with Crippen LogP contribution in [0.5, 0.6) is 0 Å². The van der Waals surface area contributed by atoms with E-state index >= 15 is 0 Å². The van der Waals surface area contributed by atoms with E-state index < -0.39 is 11.8 Å². The third kappa shape index (κ3) is 2.62. The number of hydrogen-bond donors (Lipinski definition) is 2. The first-order chi connectivity index (χ1) is 8.06. The number of benzene rings is 1. The number of hydrogen-bond acceptors (Lipinski definition) is 4. The number of oxazole rings is 1. The van der Waals surface area contributed by atoms with Crippen molar-refractivity contribution < 1.29 is 18.7 Å². The van der Waals surface area contributed by atoms with Crippen LogP contribution in [-0.2, 0) is 0 Å². The van der Waals surface area contributed by atoms with Gasteiger partial charge in [0.25, 0.3) is 6.01 Å². The zero-order chi connectivity index (χ0) is 12.4. The number of nitrogens with zero attached hydrogens (tertiary/aromatic N) is 1. The molecule has 0 aliphatic carbocycles. The number of anilines is 2. The fraction of sp³-hybridized carbons (Fsp3) is 0. The monoisotopic (exact) mass is 300 g/mol. The normalized spacial score (nSPS) is 10.2. The molecule has 7 heteroatoms. The van der Waals surface area contributed by atoms with Gasteiger partial charge in [-0.15, -0.1) is 0 Å². The van der Waals surface area contributed by atoms with Crippen LogP contribution in [0.4, 0.5) is 16.1 Å². The van der Waals surface area contributed by atoms with Gasteiger partial charge in [0, 0.05) is 5.69 Å². The van der Waals surface area contributed by atoms with Gasteiger partial charge in [0.15, 0.2) is 5.69 Å². The summed E-state index contributed by atoms with van der Waals surface area (Å²) >= 11 is 3.03. The lowest BCUT2D eigenvalue weighted by atomic mass is 10.3. The van der Waals surface area contributed by atoms with Crippen LogP contribution >= 0.6 is 15.9 Å². The molecule has 0 spiro atoms. The molecule has 0 aliphatic heterocycles. The van der Waals surface area contributed by atoms with Gasteiger partial charge in [-0.2, -0.15) is 4.98 Å². The summed E-state index contributed by atoms with van der Waals surface area (Å²) in [5.74, 6) is -1.57. The molecule has 0 saturated carbocycles. The van der Waals surface area contributed by atoms with Crippen molar-refractivity contribution in [2.75, 3.05) is 5.32 Å². The third-order valence-corrected chi connectivity index (χ3v) is 2.50. The predicted octanol–water partition coefficient (Wildman–Crippen LogP) is 3.02. The van der Waals surface area contributed by atoms with Crippen molar-refractivity contribution in [3.05, 3.63) is 40.4 Å². The SMILES string of the molecule is O=C(O)c1coc(Nc2ccc(F)c(Br)c2)n1. The average Bonchev–Trinajstić information content (AvgIpc) is 2.72. The minimum Gasteiger partial charge on any atom is -0.476 e. The molecule has 2 aromatic rings. The van der Waals surface area contributed by atoms with E-state index in [4.69, 9.17) is 9.52 Å². The van der Waals surface area contributed by atoms with E-state index in [-0.39, 0.29) is 16.2 Å². The summed E-state index contributed by atoms with van der Waals surface area (Å²) in [5, 5.41) is 11.3. The first kappa shape index (κ1) is 11.6. The van der Waals surface area contributed by atoms with Crippen molar-refractivity contribution in [1.29, 1.82) is 0 Å². The lowest BCUT2D eigenvalue weighted by Crippen LogP contribution is -1.97. The van der Waals surface area contributed by atoms with E-state index in [2.05, 4.69) is 26.2 Å². The molecule has 17 heavy (non-hydrogen) atoms. The fourth-order valence-corrected chi connectivity index (χ4v) is 1.51. The highest BCUT2D eigenvalue weighted by Gasteiger charge is 2.10. The second-order valence-electron chi connectivity index (χ2n) is 3.10. The highest BCUT2D eigenvalue weighted by Crippen LogP contribution is 2.22. The molecule has 0 bridgehead atoms. The van der Waals surface area contributed by atoms with Crippen molar-refractivity contribution in [3.63, 3.8) is 0 Å². The zero-order valence-corrected chi connectivity index (χ0v) is 9.86. The van der Waals surface area contributed by atoms with Crippen molar-refractivity contribution in [3.8, 4) is 0 Å². The van der Waals surface area contributed by atoms with Crippen LogP contribution in [0.2, 0.25) is 0 Å². The maximum atomic E-state index is 13.0. The standard InChI is InChI=1S/C10H6BrFN2O3/c11-6-3-5(1-2-7(6)12)13-10-14-8(4-17-10)9(15)16/h1-4H,(H,13,14)(H,15,16). The zero-order valence-electron chi connectivity index (χ0n) is 8.28. The van der Waals surface area contributed by atoms with Gasteiger partial charge >= 0.3 is 5.97 Å². The van der Waals surface area contributed by atoms with E-state index in [0.29, 0.717) is 5.69 Å². The molecule has 2 N–H and O–H groups in total. The Morgan fingerprint density at radius 2 is 2.29 bits per heavy atom. The van der Waals surface area contributed by atoms with Gasteiger partial charge in [0.2, 0.25) is 0 Å². The van der Waals surface area contributed by atoms with Gasteiger partial charge < -0.3 is 14.8 Å². The highest BCUT2D eigenvalue weighted by atomic mass is 79.9. The van der Waals surface area contributed by atoms with E-state index in [1.165, 1.54) is 18.2 Å². The number of aromatic nitrogens is 1. The van der Waals surface area contributed by atoms with Crippen molar-refractivity contribution >= 4 is 33.6 Å². The number of carboxylic acids is 1. The second-order valence-corrected chi connectivity index (χ2v) is 3.95. The molecule has 0 atom stereocenters. The molecule has 88 valence electrons. The number of carboxylic acid groups (broad SMARTS) is 1. The minimum atomic E-state index is -1.18. The van der Waals surface area contributed by atoms with Gasteiger partial charge in [-0.25, -0.2) is 9.18 Å². The number of halogens is 2. The van der Waals surface area contributed by atoms with Gasteiger partial charge in [-0.1, -0.05) is 0 Å². The maximum absolute atomic E-state index is 13.0. The van der Waals surface area contributed by atoms with Crippen LogP contribution < -0.4 is 5.32 Å². The van der Waals surface area contributed by atoms with E-state index in [1.54, 1.807) is 0 Å². The molecule has 0 radical (unpaired) electrons. The summed E-state index contributed by atoms with van der Waals surface area (Å²) in [6.07, 6.45) is 1.02. The molecule has 0 aliphatic rings. The first-order valence-corrected chi connectivity index (χ1v) is 5.26. The Morgan fingerprint density at radius 1 is 1.53 bits per heavy atom. The summed E-state index contributed by atoms with van der Waals surface area (Å²) < 4.78 is 18.1. The molecule has 2 rings (SSSR count). The lowest BCUT2D eigenvalue weighted by Gasteiger charge is -2.02. The lowest BCUT2D eigenvalue weighted by molar-refractivity contribution is 0.0690. The van der Waals surface area contributed by atoms with Gasteiger partial charge in [-0.05, 0) is 34.1 Å². The largest absolute Gasteiger partial charge is 0.476 e. The minimum absolute atomic E-state index is 0.0286. The second kappa shape index (κ2) is 4.54. The van der Waals surface area contributed by atoms with Gasteiger partial charge in [0.05, 0.1) is 4.47 Å². The summed E-state index contributed by atoms with van der Waals surface area (Å²) in [7, 11) is 0. The quantitative estimate of drug-likeness (QED) is 0.911. The highest BCUT2D eigenvalue weighted by molar-refractivity contribution is 9.10. The molecular weight excluding hydrogens is 295 g/mol. The van der Waals surface area contributed by atoms with Crippen LogP contribution in [0.3, 0.4) is 0 Å². The number of nitrogens with one attached hydrogen (secondary N) is 1. The Labute approximate surface area is 103 Å². The Kier molecular flexibility index (Phi) is 3.10. The molecular formula is C10H6BrFN2O3. The Hall–Kier alpha value is -1.89. The molecule has 1 aromatic carbocycles. The molecule has 0 unspecified atom stereocenters. The Morgan fingerprint density at radius 3 is 2.88 bits per heavy atom. The topological polar surface area (TPSA) is 75.4 Å². The summed E-state index contributed by atoms with van der Waals surface area (Å²) in [6, 6.07) is 4.25. The van der Waals surface area contributed by atoms with Gasteiger partial charge in [-0.3, -0.25) is 0 Å². The maximum Gasteiger partial charge on any atom is 0.357 e. The molecule has 1 aromatic heterocycles. The Balaban J connectivity index is 2.19. The molecule has 0 saturated heterocycles. The smallest absolute Gasteiger partial charge is 0.357 e. The molecule has 0 fully saturated rings. The molecule has 5 nitrogen and oxygen atoms in total. The van der Waals surface area contributed by atoms with Crippen LogP contribution in [0.1, 0.15) is 10.5 Å². The average molecular weight is 301 g/mol. The number of carbonyl (C=O) groups is 1. The van der Waals surface area contributed by atoms with E-state index in [0.717, 1.165) is 6.26 Å². The van der Waals surface area contributed by atoms with Crippen LogP contribution in [0.25, 0.3) is 0 Å². The summed E-state index contributed by atoms with van der Waals surface area (Å²) in [6.45, 7) is 0. The molecule has 0 amide bonds. The van der Waals surface area contributed by atoms with Gasteiger partial charge in [0.1, 0.15) is 12.1 Å². The summed E-state index contributed by atoms with van der Waals surface area (Å²) in [4.78, 5) is 14.2. The van der Waals surface area contributed by atoms with E-state index in [1.807, 2.05) is 0 Å². The van der Waals surface area contributed by atoms with Crippen LogP contribution in [0.15, 0.2) is 33.4 Å². The van der Waals surface area contributed by atoms with E-state index in [9.17, 15) is 9.18 Å². The fourth-order valence-electron chi connectivity index (χ4n) is 1.13. The third-order valence-electron chi connectivity index (χ3n) is 1.89. The van der Waals surface area contributed by atoms with Crippen molar-refractivity contribution in [2.45, 2.75) is 0 Å². The predicted molar refractivity (Wildman–Crippen MR) is 60.8 cm³/mol. The summed E-state index contributed by atoms with van der Waals surface area (Å²) in [5.41, 5.74) is 0.325. The molecule has 1 heterocycles. The van der Waals surface area contributed by atoms with Crippen LogP contribution in [0, 0.1) is 5.82 Å². The Bertz CT molecular complexity index is 570. The van der Waals surface area contributed by atoms with Crippen molar-refractivity contribution in [2.24, 2.45) is 0 Å². The van der Waals surface area contributed by atoms with Crippen LogP contribution in [-0.4, -0.2) is 16.1 Å².